The van der Waals surface area contributed by atoms with E-state index in [0.29, 0.717) is 4.80 Å². The average molecular weight is 332 g/mol. The molecular formula is C16H16N2O2S2. The number of rotatable bonds is 3. The fourth-order valence-electron chi connectivity index (χ4n) is 2.24. The van der Waals surface area contributed by atoms with E-state index in [1.54, 1.807) is 30.3 Å². The third-order valence-corrected chi connectivity index (χ3v) is 6.01. The SMILES string of the molecule is CCc1ccc2c(c1)sc(=NS(=O)(=O)c1ccccc1)n2C. The highest BCUT2D eigenvalue weighted by Crippen LogP contribution is 2.19. The summed E-state index contributed by atoms with van der Waals surface area (Å²) in [6.07, 6.45) is 0.951. The lowest BCUT2D eigenvalue weighted by molar-refractivity contribution is 0.596. The molecule has 0 bridgehead atoms. The number of benzene rings is 2. The van der Waals surface area contributed by atoms with Gasteiger partial charge in [0.15, 0.2) is 0 Å². The van der Waals surface area contributed by atoms with E-state index in [1.807, 2.05) is 17.7 Å². The Kier molecular flexibility index (Phi) is 3.88. The summed E-state index contributed by atoms with van der Waals surface area (Å²) in [6.45, 7) is 2.10. The van der Waals surface area contributed by atoms with E-state index in [9.17, 15) is 8.42 Å². The van der Waals surface area contributed by atoms with Gasteiger partial charge in [-0.05, 0) is 36.2 Å². The van der Waals surface area contributed by atoms with Gasteiger partial charge < -0.3 is 4.57 Å². The first-order valence-corrected chi connectivity index (χ1v) is 9.21. The van der Waals surface area contributed by atoms with Gasteiger partial charge in [-0.2, -0.15) is 8.42 Å². The number of hydrogen-bond donors (Lipinski definition) is 0. The topological polar surface area (TPSA) is 51.4 Å². The van der Waals surface area contributed by atoms with Crippen LogP contribution in [0.5, 0.6) is 0 Å². The summed E-state index contributed by atoms with van der Waals surface area (Å²) in [5.41, 5.74) is 2.22. The van der Waals surface area contributed by atoms with Crippen LogP contribution < -0.4 is 4.80 Å². The van der Waals surface area contributed by atoms with E-state index in [4.69, 9.17) is 0 Å². The molecule has 3 aromatic rings. The smallest absolute Gasteiger partial charge is 0.285 e. The molecule has 1 heterocycles. The van der Waals surface area contributed by atoms with Crippen molar-refractivity contribution in [3.8, 4) is 0 Å². The Morgan fingerprint density at radius 1 is 1.14 bits per heavy atom. The van der Waals surface area contributed by atoms with Crippen molar-refractivity contribution in [1.82, 2.24) is 4.57 Å². The molecule has 0 saturated heterocycles. The van der Waals surface area contributed by atoms with E-state index < -0.39 is 10.0 Å². The summed E-state index contributed by atoms with van der Waals surface area (Å²) in [7, 11) is -1.85. The van der Waals surface area contributed by atoms with Crippen LogP contribution >= 0.6 is 11.3 Å². The van der Waals surface area contributed by atoms with Crippen molar-refractivity contribution < 1.29 is 8.42 Å². The minimum atomic E-state index is -3.68. The maximum atomic E-state index is 12.4. The third-order valence-electron chi connectivity index (χ3n) is 3.52. The highest BCUT2D eigenvalue weighted by atomic mass is 32.2. The lowest BCUT2D eigenvalue weighted by atomic mass is 10.2. The van der Waals surface area contributed by atoms with Gasteiger partial charge in [-0.1, -0.05) is 42.5 Å². The van der Waals surface area contributed by atoms with Gasteiger partial charge in [-0.15, -0.1) is 4.40 Å². The molecule has 6 heteroatoms. The maximum absolute atomic E-state index is 12.4. The molecule has 0 spiro atoms. The fourth-order valence-corrected chi connectivity index (χ4v) is 4.56. The second-order valence-electron chi connectivity index (χ2n) is 4.98. The van der Waals surface area contributed by atoms with Gasteiger partial charge in [0.2, 0.25) is 4.80 Å². The first-order valence-electron chi connectivity index (χ1n) is 6.96. The number of aromatic nitrogens is 1. The molecule has 0 saturated carbocycles. The predicted octanol–water partition coefficient (Wildman–Crippen LogP) is 3.09. The Bertz CT molecular complexity index is 984. The second kappa shape index (κ2) is 5.70. The lowest BCUT2D eigenvalue weighted by Gasteiger charge is -1.99. The Hall–Kier alpha value is -1.92. The standard InChI is InChI=1S/C16H16N2O2S2/c1-3-12-9-10-14-15(11-12)21-16(18(14)2)17-22(19,20)13-7-5-4-6-8-13/h4-11H,3H2,1-2H3. The predicted molar refractivity (Wildman–Crippen MR) is 89.4 cm³/mol. The molecule has 0 atom stereocenters. The van der Waals surface area contributed by atoms with Gasteiger partial charge in [-0.25, -0.2) is 0 Å². The highest BCUT2D eigenvalue weighted by molar-refractivity contribution is 7.90. The normalized spacial score (nSPS) is 12.9. The van der Waals surface area contributed by atoms with Gasteiger partial charge in [0.05, 0.1) is 15.1 Å². The van der Waals surface area contributed by atoms with Crippen LogP contribution in [0.25, 0.3) is 10.2 Å². The molecule has 0 N–H and O–H groups in total. The first kappa shape index (κ1) is 15.0. The molecule has 0 unspecified atom stereocenters. The number of sulfonamides is 1. The molecule has 1 aromatic heterocycles. The molecule has 3 rings (SSSR count). The molecule has 22 heavy (non-hydrogen) atoms. The zero-order chi connectivity index (χ0) is 15.7. The fraction of sp³-hybridized carbons (Fsp3) is 0.188. The summed E-state index contributed by atoms with van der Waals surface area (Å²) < 4.78 is 31.6. The van der Waals surface area contributed by atoms with Crippen molar-refractivity contribution in [3.63, 3.8) is 0 Å². The van der Waals surface area contributed by atoms with Crippen molar-refractivity contribution in [2.45, 2.75) is 18.2 Å². The Morgan fingerprint density at radius 3 is 2.55 bits per heavy atom. The molecule has 0 aliphatic rings. The number of aryl methyl sites for hydroxylation is 2. The number of hydrogen-bond acceptors (Lipinski definition) is 3. The lowest BCUT2D eigenvalue weighted by Crippen LogP contribution is -2.13. The van der Waals surface area contributed by atoms with Crippen molar-refractivity contribution in [3.05, 3.63) is 58.9 Å². The monoisotopic (exact) mass is 332 g/mol. The van der Waals surface area contributed by atoms with Crippen LogP contribution in [0, 0.1) is 0 Å². The molecule has 114 valence electrons. The number of fused-ring (bicyclic) bond motifs is 1. The van der Waals surface area contributed by atoms with Crippen molar-refractivity contribution in [1.29, 1.82) is 0 Å². The van der Waals surface area contributed by atoms with Gasteiger partial charge in [0, 0.05) is 7.05 Å². The minimum Gasteiger partial charge on any atom is -0.319 e. The van der Waals surface area contributed by atoms with Gasteiger partial charge in [-0.3, -0.25) is 0 Å². The summed E-state index contributed by atoms with van der Waals surface area (Å²) >= 11 is 1.39. The molecule has 0 amide bonds. The number of nitrogens with zero attached hydrogens (tertiary/aromatic N) is 2. The Morgan fingerprint density at radius 2 is 1.86 bits per heavy atom. The maximum Gasteiger partial charge on any atom is 0.285 e. The van der Waals surface area contributed by atoms with Gasteiger partial charge >= 0.3 is 0 Å². The summed E-state index contributed by atoms with van der Waals surface area (Å²) in [4.78, 5) is 0.689. The average Bonchev–Trinajstić information content (AvgIpc) is 2.83. The van der Waals surface area contributed by atoms with Crippen LogP contribution in [-0.2, 0) is 23.5 Å². The Balaban J connectivity index is 2.20. The van der Waals surface area contributed by atoms with E-state index in [0.717, 1.165) is 16.6 Å². The molecule has 4 nitrogen and oxygen atoms in total. The molecule has 0 radical (unpaired) electrons. The van der Waals surface area contributed by atoms with Crippen LogP contribution in [0.2, 0.25) is 0 Å². The largest absolute Gasteiger partial charge is 0.319 e. The summed E-state index contributed by atoms with van der Waals surface area (Å²) in [5, 5.41) is 0. The molecule has 0 fully saturated rings. The summed E-state index contributed by atoms with van der Waals surface area (Å²) in [6, 6.07) is 14.5. The zero-order valence-corrected chi connectivity index (χ0v) is 14.0. The zero-order valence-electron chi connectivity index (χ0n) is 12.4. The van der Waals surface area contributed by atoms with E-state index in [2.05, 4.69) is 23.5 Å². The van der Waals surface area contributed by atoms with E-state index in [-0.39, 0.29) is 4.90 Å². The third kappa shape index (κ3) is 2.71. The van der Waals surface area contributed by atoms with Crippen LogP contribution in [-0.4, -0.2) is 13.0 Å². The summed E-state index contributed by atoms with van der Waals surface area (Å²) in [5.74, 6) is 0. The molecule has 2 aromatic carbocycles. The minimum absolute atomic E-state index is 0.210. The van der Waals surface area contributed by atoms with Crippen LogP contribution in [0.3, 0.4) is 0 Å². The molecular weight excluding hydrogens is 316 g/mol. The quantitative estimate of drug-likeness (QED) is 0.740. The molecule has 0 aliphatic heterocycles. The van der Waals surface area contributed by atoms with Gasteiger partial charge in [0.1, 0.15) is 0 Å². The van der Waals surface area contributed by atoms with Crippen molar-refractivity contribution >= 4 is 31.6 Å². The van der Waals surface area contributed by atoms with Gasteiger partial charge in [0.25, 0.3) is 10.0 Å². The molecule has 0 aliphatic carbocycles. The first-order chi connectivity index (χ1) is 10.5. The van der Waals surface area contributed by atoms with Crippen LogP contribution in [0.15, 0.2) is 57.8 Å². The second-order valence-corrected chi connectivity index (χ2v) is 7.59. The van der Waals surface area contributed by atoms with E-state index in [1.165, 1.54) is 16.9 Å². The van der Waals surface area contributed by atoms with Crippen molar-refractivity contribution in [2.24, 2.45) is 11.4 Å². The number of thiazole rings is 1. The van der Waals surface area contributed by atoms with Crippen LogP contribution in [0.1, 0.15) is 12.5 Å². The van der Waals surface area contributed by atoms with Crippen molar-refractivity contribution in [2.75, 3.05) is 0 Å². The van der Waals surface area contributed by atoms with Crippen LogP contribution in [0.4, 0.5) is 0 Å². The van der Waals surface area contributed by atoms with E-state index >= 15 is 0 Å². The Labute approximate surface area is 133 Å². The highest BCUT2D eigenvalue weighted by Gasteiger charge is 2.13.